The average molecular weight is 938 g/mol. The van der Waals surface area contributed by atoms with Gasteiger partial charge in [0.05, 0.1) is 11.2 Å². The van der Waals surface area contributed by atoms with Gasteiger partial charge < -0.3 is 14.7 Å². The Balaban J connectivity index is 1.11. The first-order valence-electron chi connectivity index (χ1n) is 26.8. The lowest BCUT2D eigenvalue weighted by Gasteiger charge is -2.50. The van der Waals surface area contributed by atoms with Crippen LogP contribution in [0.15, 0.2) is 164 Å². The second-order valence-electron chi connectivity index (χ2n) is 25.0. The Morgan fingerprint density at radius 1 is 0.444 bits per heavy atom. The molecule has 1 saturated carbocycles. The number of para-hydroxylation sites is 1. The van der Waals surface area contributed by atoms with Gasteiger partial charge in [-0.3, -0.25) is 0 Å². The van der Waals surface area contributed by atoms with E-state index in [9.17, 15) is 0 Å². The predicted molar refractivity (Wildman–Crippen MR) is 308 cm³/mol. The third-order valence-electron chi connectivity index (χ3n) is 18.3. The molecule has 72 heavy (non-hydrogen) atoms. The smallest absolute Gasteiger partial charge is 0.252 e. The van der Waals surface area contributed by atoms with Crippen LogP contribution >= 0.6 is 0 Å². The highest BCUT2D eigenvalue weighted by Crippen LogP contribution is 2.61. The monoisotopic (exact) mass is 938 g/mol. The first-order valence-corrected chi connectivity index (χ1v) is 26.8. The summed E-state index contributed by atoms with van der Waals surface area (Å²) in [6.45, 7) is 26.3. The molecule has 0 N–H and O–H groups in total. The molecule has 0 bridgehead atoms. The first kappa shape index (κ1) is 45.1. The third-order valence-corrected chi connectivity index (χ3v) is 18.3. The van der Waals surface area contributed by atoms with Crippen molar-refractivity contribution in [2.24, 2.45) is 0 Å². The molecule has 0 radical (unpaired) electrons. The number of aryl methyl sites for hydroxylation is 1. The van der Waals surface area contributed by atoms with Gasteiger partial charge in [-0.05, 0) is 165 Å². The van der Waals surface area contributed by atoms with Gasteiger partial charge in [-0.2, -0.15) is 0 Å². The number of nitrogens with zero attached hydrogens (tertiary/aromatic N) is 3. The summed E-state index contributed by atoms with van der Waals surface area (Å²) in [4.78, 5) is 8.07. The molecule has 8 aromatic carbocycles. The van der Waals surface area contributed by atoms with Crippen LogP contribution in [-0.4, -0.2) is 12.3 Å². The lowest BCUT2D eigenvalue weighted by molar-refractivity contribution is 0.195. The number of hydrogen-bond donors (Lipinski definition) is 0. The number of rotatable bonds is 4. The fourth-order valence-corrected chi connectivity index (χ4v) is 14.2. The predicted octanol–water partition coefficient (Wildman–Crippen LogP) is 16.4. The van der Waals surface area contributed by atoms with Crippen molar-refractivity contribution in [1.82, 2.24) is 0 Å². The highest BCUT2D eigenvalue weighted by molar-refractivity contribution is 7.00. The summed E-state index contributed by atoms with van der Waals surface area (Å²) in [5.74, 6) is 0. The van der Waals surface area contributed by atoms with E-state index in [-0.39, 0.29) is 33.9 Å². The maximum absolute atomic E-state index is 2.76. The third kappa shape index (κ3) is 6.29. The SMILES string of the molecule is Cc1cc2c3c(c1)N(c1ccc(C(C)(C)C)cc1-c1ccccc1)c1cc(C(C)(C)C)ccc1B3c1ccc(N3c4ccccc4C4(C)CCCCC34C)cc1N2c1ccc2c(c1)C(C)(C)c1ccccc1-2. The van der Waals surface area contributed by atoms with E-state index in [4.69, 9.17) is 0 Å². The van der Waals surface area contributed by atoms with Gasteiger partial charge in [-0.25, -0.2) is 0 Å². The van der Waals surface area contributed by atoms with E-state index in [1.807, 2.05) is 0 Å². The standard InChI is InChI=1S/C68H68BN3/c1-43-37-61-63-62(38-43)71(57-34-28-45(64(2,3)4)39-51(57)44-21-13-12-14-22-44)59-40-46(65(5,6)7)27-32-55(59)69(63)56-33-30-48(72-58-26-18-17-25-53(58)67(10)35-19-20-36-68(67,72)11)42-60(56)70(61)47-29-31-50-49-23-15-16-24-52(49)66(8,9)54(50)41-47/h12-18,21-34,37-42H,19-20,35-36H2,1-11H3. The molecule has 1 fully saturated rings. The van der Waals surface area contributed by atoms with E-state index in [0.717, 1.165) is 6.42 Å². The van der Waals surface area contributed by atoms with Gasteiger partial charge in [0.25, 0.3) is 6.71 Å². The lowest BCUT2D eigenvalue weighted by atomic mass is 9.33. The van der Waals surface area contributed by atoms with Crippen LogP contribution in [0, 0.1) is 6.92 Å². The molecule has 4 heteroatoms. The molecule has 0 aromatic heterocycles. The molecule has 5 aliphatic rings. The molecular formula is C68H68BN3. The van der Waals surface area contributed by atoms with Crippen molar-refractivity contribution < 1.29 is 0 Å². The minimum atomic E-state index is -0.149. The van der Waals surface area contributed by atoms with E-state index in [0.29, 0.717) is 0 Å². The Bertz CT molecular complexity index is 3550. The Morgan fingerprint density at radius 3 is 1.79 bits per heavy atom. The second kappa shape index (κ2) is 15.4. The summed E-state index contributed by atoms with van der Waals surface area (Å²) in [6.07, 6.45) is 4.88. The normalized spacial score (nSPS) is 20.0. The van der Waals surface area contributed by atoms with Crippen LogP contribution in [0.4, 0.5) is 45.5 Å². The molecule has 8 aromatic rings. The number of fused-ring (bicyclic) bond motifs is 10. The summed E-state index contributed by atoms with van der Waals surface area (Å²) >= 11 is 0. The van der Waals surface area contributed by atoms with Gasteiger partial charge in [0.15, 0.2) is 0 Å². The van der Waals surface area contributed by atoms with Crippen LogP contribution in [0.1, 0.15) is 128 Å². The van der Waals surface area contributed by atoms with Crippen molar-refractivity contribution in [2.75, 3.05) is 14.7 Å². The van der Waals surface area contributed by atoms with E-state index in [2.05, 4.69) is 255 Å². The Hall–Kier alpha value is -6.78. The maximum Gasteiger partial charge on any atom is 0.252 e. The van der Waals surface area contributed by atoms with E-state index in [1.54, 1.807) is 0 Å². The molecule has 3 nitrogen and oxygen atoms in total. The lowest BCUT2D eigenvalue weighted by Crippen LogP contribution is -2.61. The molecule has 2 atom stereocenters. The van der Waals surface area contributed by atoms with Crippen LogP contribution in [0.2, 0.25) is 0 Å². The number of hydrogen-bond acceptors (Lipinski definition) is 3. The zero-order valence-electron chi connectivity index (χ0n) is 44.3. The quantitative estimate of drug-likeness (QED) is 0.163. The Kier molecular flexibility index (Phi) is 9.63. The zero-order valence-corrected chi connectivity index (χ0v) is 44.3. The van der Waals surface area contributed by atoms with Gasteiger partial charge in [0, 0.05) is 56.2 Å². The van der Waals surface area contributed by atoms with Crippen LogP contribution in [-0.2, 0) is 21.7 Å². The largest absolute Gasteiger partial charge is 0.334 e. The van der Waals surface area contributed by atoms with Crippen LogP contribution in [0.25, 0.3) is 22.3 Å². The summed E-state index contributed by atoms with van der Waals surface area (Å²) < 4.78 is 0. The maximum atomic E-state index is 2.76. The topological polar surface area (TPSA) is 9.72 Å². The Morgan fingerprint density at radius 2 is 1.04 bits per heavy atom. The van der Waals surface area contributed by atoms with Gasteiger partial charge in [0.1, 0.15) is 0 Å². The minimum absolute atomic E-state index is 0.00159. The van der Waals surface area contributed by atoms with Gasteiger partial charge in [-0.15, -0.1) is 0 Å². The van der Waals surface area contributed by atoms with Gasteiger partial charge >= 0.3 is 0 Å². The van der Waals surface area contributed by atoms with Crippen molar-refractivity contribution in [3.05, 3.63) is 197 Å². The molecule has 358 valence electrons. The van der Waals surface area contributed by atoms with Crippen molar-refractivity contribution in [2.45, 2.75) is 129 Å². The summed E-state index contributed by atoms with van der Waals surface area (Å²) in [5, 5.41) is 0. The highest BCUT2D eigenvalue weighted by atomic mass is 15.3. The summed E-state index contributed by atoms with van der Waals surface area (Å²) in [7, 11) is 0. The van der Waals surface area contributed by atoms with Crippen molar-refractivity contribution in [3.8, 4) is 22.3 Å². The molecule has 0 saturated heterocycles. The highest BCUT2D eigenvalue weighted by Gasteiger charge is 2.58. The minimum Gasteiger partial charge on any atom is -0.334 e. The second-order valence-corrected chi connectivity index (χ2v) is 25.0. The number of anilines is 8. The first-order chi connectivity index (χ1) is 34.4. The van der Waals surface area contributed by atoms with Crippen LogP contribution in [0.5, 0.6) is 0 Å². The van der Waals surface area contributed by atoms with E-state index < -0.39 is 0 Å². The fraction of sp³-hybridized carbons (Fsp3) is 0.294. The Labute approximate surface area is 429 Å². The molecule has 0 spiro atoms. The molecule has 0 amide bonds. The van der Waals surface area contributed by atoms with E-state index in [1.165, 1.54) is 137 Å². The van der Waals surface area contributed by atoms with Crippen molar-refractivity contribution >= 4 is 68.6 Å². The van der Waals surface area contributed by atoms with Crippen LogP contribution < -0.4 is 31.1 Å². The van der Waals surface area contributed by atoms with Crippen LogP contribution in [0.3, 0.4) is 0 Å². The van der Waals surface area contributed by atoms with Crippen molar-refractivity contribution in [3.63, 3.8) is 0 Å². The molecule has 3 aliphatic heterocycles. The molecule has 2 aliphatic carbocycles. The van der Waals surface area contributed by atoms with Crippen molar-refractivity contribution in [1.29, 1.82) is 0 Å². The van der Waals surface area contributed by atoms with Gasteiger partial charge in [0.2, 0.25) is 0 Å². The molecule has 13 rings (SSSR count). The van der Waals surface area contributed by atoms with E-state index >= 15 is 0 Å². The fourth-order valence-electron chi connectivity index (χ4n) is 14.2. The molecule has 3 heterocycles. The molecule has 2 unspecified atom stereocenters. The average Bonchev–Trinajstić information content (AvgIpc) is 3.72. The van der Waals surface area contributed by atoms with Gasteiger partial charge in [-0.1, -0.05) is 178 Å². The molecular weight excluding hydrogens is 870 g/mol. The number of benzene rings is 8. The zero-order chi connectivity index (χ0) is 49.9. The summed E-state index contributed by atoms with van der Waals surface area (Å²) in [5.41, 5.74) is 27.2. The summed E-state index contributed by atoms with van der Waals surface area (Å²) in [6, 6.07) is 64.1.